The predicted molar refractivity (Wildman–Crippen MR) is 63.0 cm³/mol. The number of hydrogen-bond donors (Lipinski definition) is 0. The summed E-state index contributed by atoms with van der Waals surface area (Å²) in [5.74, 6) is 0.901. The summed E-state index contributed by atoms with van der Waals surface area (Å²) in [6.07, 6.45) is 1.68. The van der Waals surface area contributed by atoms with Crippen LogP contribution < -0.4 is 0 Å². The Kier molecular flexibility index (Phi) is 4.03. The van der Waals surface area contributed by atoms with Crippen molar-refractivity contribution in [3.63, 3.8) is 0 Å². The Morgan fingerprint density at radius 3 is 2.60 bits per heavy atom. The molecule has 0 fully saturated rings. The van der Waals surface area contributed by atoms with E-state index >= 15 is 0 Å². The van der Waals surface area contributed by atoms with Crippen molar-refractivity contribution in [2.45, 2.75) is 19.8 Å². The third kappa shape index (κ3) is 3.47. The molecule has 0 radical (unpaired) electrons. The first-order valence-corrected chi connectivity index (χ1v) is 5.12. The Morgan fingerprint density at radius 2 is 2.07 bits per heavy atom. The summed E-state index contributed by atoms with van der Waals surface area (Å²) < 4.78 is 0. The molecule has 0 aliphatic rings. The van der Waals surface area contributed by atoms with Gasteiger partial charge in [-0.05, 0) is 17.5 Å². The number of halogens is 1. The Bertz CT molecular complexity index is 360. The smallest absolute Gasteiger partial charge is 0.176 e. The lowest BCUT2D eigenvalue weighted by molar-refractivity contribution is 0.642. The van der Waals surface area contributed by atoms with E-state index in [4.69, 9.17) is 11.6 Å². The van der Waals surface area contributed by atoms with Crippen molar-refractivity contribution >= 4 is 23.8 Å². The highest BCUT2D eigenvalue weighted by molar-refractivity contribution is 6.30. The maximum atomic E-state index is 5.92. The van der Waals surface area contributed by atoms with Crippen molar-refractivity contribution in [3.8, 4) is 0 Å². The summed E-state index contributed by atoms with van der Waals surface area (Å²) in [5.41, 5.74) is 0.970. The van der Waals surface area contributed by atoms with Crippen LogP contribution in [0.25, 0.3) is 0 Å². The van der Waals surface area contributed by atoms with E-state index < -0.39 is 0 Å². The topological polar surface area (TPSA) is 41.4 Å². The van der Waals surface area contributed by atoms with E-state index in [0.717, 1.165) is 5.56 Å². The van der Waals surface area contributed by atoms with Gasteiger partial charge in [-0.15, -0.1) is 10.2 Å². The molecule has 0 aliphatic carbocycles. The van der Waals surface area contributed by atoms with Gasteiger partial charge in [0.25, 0.3) is 0 Å². The number of aromatic nitrogens is 2. The van der Waals surface area contributed by atoms with Crippen molar-refractivity contribution in [3.05, 3.63) is 16.8 Å². The van der Waals surface area contributed by atoms with Crippen LogP contribution in [0.4, 0.5) is 5.82 Å². The molecule has 15 heavy (non-hydrogen) atoms. The van der Waals surface area contributed by atoms with Gasteiger partial charge in [0, 0.05) is 14.1 Å². The lowest BCUT2D eigenvalue weighted by atomic mass is 10.1. The monoisotopic (exact) mass is 226 g/mol. The molecule has 1 aromatic rings. The van der Waals surface area contributed by atoms with Crippen molar-refractivity contribution in [2.75, 3.05) is 14.1 Å². The van der Waals surface area contributed by atoms with E-state index in [2.05, 4.69) is 29.0 Å². The zero-order chi connectivity index (χ0) is 11.4. The van der Waals surface area contributed by atoms with Crippen LogP contribution in [0.15, 0.2) is 11.1 Å². The highest BCUT2D eigenvalue weighted by atomic mass is 35.5. The van der Waals surface area contributed by atoms with Crippen LogP contribution in [0.3, 0.4) is 0 Å². The molecular weight excluding hydrogens is 212 g/mol. The van der Waals surface area contributed by atoms with Crippen LogP contribution >= 0.6 is 11.6 Å². The molecule has 0 spiro atoms. The quantitative estimate of drug-likeness (QED) is 0.587. The molecule has 0 amide bonds. The minimum absolute atomic E-state index is 0.321. The van der Waals surface area contributed by atoms with Gasteiger partial charge in [-0.25, -0.2) is 4.99 Å². The lowest BCUT2D eigenvalue weighted by Crippen LogP contribution is -2.07. The number of rotatable bonds is 3. The average molecular weight is 227 g/mol. The van der Waals surface area contributed by atoms with Crippen molar-refractivity contribution in [1.29, 1.82) is 0 Å². The lowest BCUT2D eigenvalue weighted by Gasteiger charge is -2.07. The molecule has 1 heterocycles. The van der Waals surface area contributed by atoms with Crippen LogP contribution in [-0.2, 0) is 0 Å². The Hall–Kier alpha value is -1.16. The van der Waals surface area contributed by atoms with E-state index in [0.29, 0.717) is 16.9 Å². The van der Waals surface area contributed by atoms with Gasteiger partial charge in [0.1, 0.15) is 0 Å². The number of aliphatic imine (C=N–C) groups is 1. The molecule has 0 bridgehead atoms. The number of nitrogens with zero attached hydrogens (tertiary/aromatic N) is 4. The van der Waals surface area contributed by atoms with E-state index in [-0.39, 0.29) is 0 Å². The number of hydrogen-bond acceptors (Lipinski definition) is 3. The summed E-state index contributed by atoms with van der Waals surface area (Å²) in [4.78, 5) is 6.00. The summed E-state index contributed by atoms with van der Waals surface area (Å²) in [7, 11) is 3.80. The van der Waals surface area contributed by atoms with E-state index in [1.807, 2.05) is 25.1 Å². The standard InChI is InChI=1S/C10H15ClN4/c1-7(2)8-5-9(12-6-15(3)4)13-14-10(8)11/h5-7H,1-4H3. The normalized spacial score (nSPS) is 11.3. The zero-order valence-electron chi connectivity index (χ0n) is 9.40. The summed E-state index contributed by atoms with van der Waals surface area (Å²) >= 11 is 5.92. The first kappa shape index (κ1) is 11.9. The third-order valence-electron chi connectivity index (χ3n) is 1.81. The first-order chi connectivity index (χ1) is 7.00. The van der Waals surface area contributed by atoms with Gasteiger partial charge in [-0.3, -0.25) is 0 Å². The van der Waals surface area contributed by atoms with Gasteiger partial charge in [-0.1, -0.05) is 25.4 Å². The molecule has 0 saturated carbocycles. The first-order valence-electron chi connectivity index (χ1n) is 4.74. The third-order valence-corrected chi connectivity index (χ3v) is 2.10. The molecule has 5 heteroatoms. The fraction of sp³-hybridized carbons (Fsp3) is 0.500. The van der Waals surface area contributed by atoms with Gasteiger partial charge >= 0.3 is 0 Å². The highest BCUT2D eigenvalue weighted by Crippen LogP contribution is 2.24. The minimum Gasteiger partial charge on any atom is -0.369 e. The van der Waals surface area contributed by atoms with E-state index in [9.17, 15) is 0 Å². The molecule has 4 nitrogen and oxygen atoms in total. The SMILES string of the molecule is CC(C)c1cc(N=CN(C)C)nnc1Cl. The molecule has 0 N–H and O–H groups in total. The average Bonchev–Trinajstić information content (AvgIpc) is 2.16. The second-order valence-corrected chi connectivity index (χ2v) is 4.17. The second-order valence-electron chi connectivity index (χ2n) is 3.81. The molecule has 0 unspecified atom stereocenters. The van der Waals surface area contributed by atoms with Crippen molar-refractivity contribution in [2.24, 2.45) is 4.99 Å². The summed E-state index contributed by atoms with van der Waals surface area (Å²) in [6, 6.07) is 1.86. The highest BCUT2D eigenvalue weighted by Gasteiger charge is 2.07. The van der Waals surface area contributed by atoms with Crippen LogP contribution in [0.2, 0.25) is 5.15 Å². The molecular formula is C10H15ClN4. The Balaban J connectivity index is 2.97. The maximum absolute atomic E-state index is 5.92. The predicted octanol–water partition coefficient (Wildman–Crippen LogP) is 2.47. The van der Waals surface area contributed by atoms with Gasteiger partial charge < -0.3 is 4.90 Å². The Labute approximate surface area is 95.0 Å². The molecule has 0 aromatic carbocycles. The van der Waals surface area contributed by atoms with E-state index in [1.165, 1.54) is 0 Å². The van der Waals surface area contributed by atoms with Crippen molar-refractivity contribution < 1.29 is 0 Å². The largest absolute Gasteiger partial charge is 0.369 e. The fourth-order valence-electron chi connectivity index (χ4n) is 1.02. The van der Waals surface area contributed by atoms with Crippen LogP contribution in [0, 0.1) is 0 Å². The summed E-state index contributed by atoms with van der Waals surface area (Å²) in [6.45, 7) is 4.12. The van der Waals surface area contributed by atoms with Gasteiger partial charge in [0.05, 0.1) is 6.34 Å². The molecule has 0 saturated heterocycles. The van der Waals surface area contributed by atoms with Gasteiger partial charge in [-0.2, -0.15) is 0 Å². The zero-order valence-corrected chi connectivity index (χ0v) is 10.2. The van der Waals surface area contributed by atoms with Gasteiger partial charge in [0.2, 0.25) is 0 Å². The Morgan fingerprint density at radius 1 is 1.40 bits per heavy atom. The van der Waals surface area contributed by atoms with Crippen LogP contribution in [0.1, 0.15) is 25.3 Å². The fourth-order valence-corrected chi connectivity index (χ4v) is 1.33. The maximum Gasteiger partial charge on any atom is 0.176 e. The molecule has 1 aromatic heterocycles. The second kappa shape index (κ2) is 5.07. The molecule has 82 valence electrons. The molecule has 0 aliphatic heterocycles. The van der Waals surface area contributed by atoms with E-state index in [1.54, 1.807) is 6.34 Å². The van der Waals surface area contributed by atoms with Crippen LogP contribution in [0.5, 0.6) is 0 Å². The van der Waals surface area contributed by atoms with Crippen LogP contribution in [-0.4, -0.2) is 35.5 Å². The van der Waals surface area contributed by atoms with Gasteiger partial charge in [0.15, 0.2) is 11.0 Å². The molecule has 1 rings (SSSR count). The minimum atomic E-state index is 0.321. The van der Waals surface area contributed by atoms with Crippen molar-refractivity contribution in [1.82, 2.24) is 15.1 Å². The molecule has 0 atom stereocenters. The summed E-state index contributed by atoms with van der Waals surface area (Å²) in [5, 5.41) is 8.20.